The van der Waals surface area contributed by atoms with Gasteiger partial charge in [0.05, 0.1) is 6.07 Å². The van der Waals surface area contributed by atoms with Crippen molar-refractivity contribution in [3.05, 3.63) is 28.7 Å². The van der Waals surface area contributed by atoms with Gasteiger partial charge < -0.3 is 5.32 Å². The highest BCUT2D eigenvalue weighted by Crippen LogP contribution is 2.29. The van der Waals surface area contributed by atoms with Crippen molar-refractivity contribution in [3.8, 4) is 6.07 Å². The summed E-state index contributed by atoms with van der Waals surface area (Å²) in [5.74, 6) is 0.490. The maximum Gasteiger partial charge on any atom is 0.117 e. The van der Waals surface area contributed by atoms with Crippen molar-refractivity contribution in [1.29, 1.82) is 5.26 Å². The van der Waals surface area contributed by atoms with Gasteiger partial charge in [-0.3, -0.25) is 0 Å². The molecule has 1 aliphatic rings. The van der Waals surface area contributed by atoms with Crippen LogP contribution >= 0.6 is 15.9 Å². The van der Waals surface area contributed by atoms with E-state index in [0.717, 1.165) is 10.2 Å². The zero-order valence-electron chi connectivity index (χ0n) is 10.5. The lowest BCUT2D eigenvalue weighted by atomic mass is 9.92. The average molecular weight is 307 g/mol. The first kappa shape index (κ1) is 13.4. The van der Waals surface area contributed by atoms with E-state index in [0.29, 0.717) is 5.92 Å². The third-order valence-corrected chi connectivity index (χ3v) is 4.39. The van der Waals surface area contributed by atoms with Gasteiger partial charge in [-0.25, -0.2) is 0 Å². The van der Waals surface area contributed by atoms with Gasteiger partial charge in [-0.15, -0.1) is 0 Å². The van der Waals surface area contributed by atoms with E-state index in [1.807, 2.05) is 24.3 Å². The molecule has 3 heteroatoms. The molecule has 0 bridgehead atoms. The van der Waals surface area contributed by atoms with Crippen LogP contribution < -0.4 is 5.32 Å². The molecule has 0 aliphatic heterocycles. The largest absolute Gasteiger partial charge is 0.369 e. The summed E-state index contributed by atoms with van der Waals surface area (Å²) in [6, 6.07) is 10.4. The van der Waals surface area contributed by atoms with E-state index in [1.54, 1.807) is 0 Å². The van der Waals surface area contributed by atoms with Crippen molar-refractivity contribution in [2.24, 2.45) is 5.92 Å². The molecule has 0 saturated heterocycles. The molecule has 1 N–H and O–H groups in total. The predicted octanol–water partition coefficient (Wildman–Crippen LogP) is 4.72. The number of nitrogens with one attached hydrogen (secondary N) is 1. The molecule has 1 aromatic carbocycles. The van der Waals surface area contributed by atoms with Gasteiger partial charge in [-0.05, 0) is 46.8 Å². The van der Waals surface area contributed by atoms with Gasteiger partial charge in [0.2, 0.25) is 0 Å². The van der Waals surface area contributed by atoms with Crippen molar-refractivity contribution in [1.82, 2.24) is 0 Å². The fourth-order valence-corrected chi connectivity index (χ4v) is 3.04. The Balaban J connectivity index is 2.05. The lowest BCUT2D eigenvalue weighted by Crippen LogP contribution is -2.27. The topological polar surface area (TPSA) is 35.8 Å². The second-order valence-corrected chi connectivity index (χ2v) is 5.84. The molecule has 2 nitrogen and oxygen atoms in total. The fourth-order valence-electron chi connectivity index (χ4n) is 2.65. The minimum atomic E-state index is -0.0678. The predicted molar refractivity (Wildman–Crippen MR) is 78.4 cm³/mol. The Labute approximate surface area is 118 Å². The number of anilines is 1. The summed E-state index contributed by atoms with van der Waals surface area (Å²) in [6.45, 7) is 0. The maximum absolute atomic E-state index is 9.39. The van der Waals surface area contributed by atoms with Crippen LogP contribution in [0.25, 0.3) is 0 Å². The molecule has 1 fully saturated rings. The summed E-state index contributed by atoms with van der Waals surface area (Å²) in [4.78, 5) is 0. The Morgan fingerprint density at radius 2 is 1.83 bits per heavy atom. The van der Waals surface area contributed by atoms with Gasteiger partial charge in [0, 0.05) is 10.2 Å². The number of nitrogens with zero attached hydrogens (tertiary/aromatic N) is 1. The normalized spacial score (nSPS) is 18.7. The van der Waals surface area contributed by atoms with Crippen LogP contribution in [0, 0.1) is 17.2 Å². The first-order chi connectivity index (χ1) is 8.81. The summed E-state index contributed by atoms with van der Waals surface area (Å²) < 4.78 is 1.03. The van der Waals surface area contributed by atoms with Crippen LogP contribution in [-0.4, -0.2) is 6.04 Å². The van der Waals surface area contributed by atoms with Crippen LogP contribution in [0.2, 0.25) is 0 Å². The number of hydrogen-bond acceptors (Lipinski definition) is 2. The van der Waals surface area contributed by atoms with E-state index in [2.05, 4.69) is 27.3 Å². The lowest BCUT2D eigenvalue weighted by molar-refractivity contribution is 0.439. The molecule has 1 aromatic rings. The SMILES string of the molecule is N#CC(Nc1ccccc1Br)C1CCCCCC1. The number of hydrogen-bond donors (Lipinski definition) is 1. The van der Waals surface area contributed by atoms with Gasteiger partial charge in [0.25, 0.3) is 0 Å². The van der Waals surface area contributed by atoms with Crippen molar-refractivity contribution in [2.45, 2.75) is 44.6 Å². The van der Waals surface area contributed by atoms with Gasteiger partial charge >= 0.3 is 0 Å². The first-order valence-electron chi connectivity index (χ1n) is 6.72. The Hall–Kier alpha value is -1.01. The zero-order valence-corrected chi connectivity index (χ0v) is 12.1. The highest BCUT2D eigenvalue weighted by atomic mass is 79.9. The standard InChI is InChI=1S/C15H19BrN2/c16-13-9-5-6-10-14(13)18-15(11-17)12-7-3-1-2-4-8-12/h5-6,9-10,12,15,18H,1-4,7-8H2. The number of halogens is 1. The van der Waals surface area contributed by atoms with E-state index in [-0.39, 0.29) is 6.04 Å². The second kappa shape index (κ2) is 6.80. The Kier molecular flexibility index (Phi) is 5.07. The minimum absolute atomic E-state index is 0.0678. The number of para-hydroxylation sites is 1. The van der Waals surface area contributed by atoms with Crippen LogP contribution in [0.1, 0.15) is 38.5 Å². The number of rotatable bonds is 3. The second-order valence-electron chi connectivity index (χ2n) is 4.98. The monoisotopic (exact) mass is 306 g/mol. The molecule has 0 spiro atoms. The third kappa shape index (κ3) is 3.49. The average Bonchev–Trinajstić information content (AvgIpc) is 2.67. The van der Waals surface area contributed by atoms with E-state index in [4.69, 9.17) is 0 Å². The molecule has 0 radical (unpaired) electrons. The van der Waals surface area contributed by atoms with Crippen LogP contribution in [0.15, 0.2) is 28.7 Å². The molecular formula is C15H19BrN2. The van der Waals surface area contributed by atoms with E-state index in [9.17, 15) is 5.26 Å². The highest BCUT2D eigenvalue weighted by Gasteiger charge is 2.22. The van der Waals surface area contributed by atoms with Crippen LogP contribution in [0.5, 0.6) is 0 Å². The van der Waals surface area contributed by atoms with E-state index in [1.165, 1.54) is 38.5 Å². The van der Waals surface area contributed by atoms with Crippen molar-refractivity contribution in [3.63, 3.8) is 0 Å². The molecule has 0 heterocycles. The summed E-state index contributed by atoms with van der Waals surface area (Å²) in [6.07, 6.45) is 7.53. The molecule has 1 atom stereocenters. The lowest BCUT2D eigenvalue weighted by Gasteiger charge is -2.22. The minimum Gasteiger partial charge on any atom is -0.369 e. The van der Waals surface area contributed by atoms with Gasteiger partial charge in [-0.2, -0.15) is 5.26 Å². The Morgan fingerprint density at radius 3 is 2.44 bits per heavy atom. The molecule has 1 unspecified atom stereocenters. The molecule has 96 valence electrons. The Bertz CT molecular complexity index is 417. The summed E-state index contributed by atoms with van der Waals surface area (Å²) in [5, 5.41) is 12.8. The van der Waals surface area contributed by atoms with Crippen LogP contribution in [0.4, 0.5) is 5.69 Å². The molecule has 1 saturated carbocycles. The Morgan fingerprint density at radius 1 is 1.17 bits per heavy atom. The summed E-state index contributed by atoms with van der Waals surface area (Å²) >= 11 is 3.52. The smallest absolute Gasteiger partial charge is 0.117 e. The molecular weight excluding hydrogens is 288 g/mol. The summed E-state index contributed by atoms with van der Waals surface area (Å²) in [7, 11) is 0. The van der Waals surface area contributed by atoms with Crippen LogP contribution in [-0.2, 0) is 0 Å². The number of benzene rings is 1. The van der Waals surface area contributed by atoms with Gasteiger partial charge in [0.1, 0.15) is 6.04 Å². The molecule has 18 heavy (non-hydrogen) atoms. The third-order valence-electron chi connectivity index (χ3n) is 3.70. The van der Waals surface area contributed by atoms with E-state index >= 15 is 0 Å². The zero-order chi connectivity index (χ0) is 12.8. The number of nitriles is 1. The van der Waals surface area contributed by atoms with Crippen molar-refractivity contribution >= 4 is 21.6 Å². The van der Waals surface area contributed by atoms with Crippen molar-refractivity contribution < 1.29 is 0 Å². The molecule has 2 rings (SSSR count). The van der Waals surface area contributed by atoms with Gasteiger partial charge in [0.15, 0.2) is 0 Å². The first-order valence-corrected chi connectivity index (χ1v) is 7.51. The fraction of sp³-hybridized carbons (Fsp3) is 0.533. The molecule has 0 aromatic heterocycles. The molecule has 1 aliphatic carbocycles. The highest BCUT2D eigenvalue weighted by molar-refractivity contribution is 9.10. The maximum atomic E-state index is 9.39. The van der Waals surface area contributed by atoms with E-state index < -0.39 is 0 Å². The van der Waals surface area contributed by atoms with Crippen LogP contribution in [0.3, 0.4) is 0 Å². The van der Waals surface area contributed by atoms with Crippen molar-refractivity contribution in [2.75, 3.05) is 5.32 Å². The van der Waals surface area contributed by atoms with Gasteiger partial charge in [-0.1, -0.05) is 37.8 Å². The quantitative estimate of drug-likeness (QED) is 0.820. The molecule has 0 amide bonds. The summed E-state index contributed by atoms with van der Waals surface area (Å²) in [5.41, 5.74) is 1.02.